The first kappa shape index (κ1) is 12.7. The van der Waals surface area contributed by atoms with Crippen LogP contribution in [0.4, 0.5) is 0 Å². The van der Waals surface area contributed by atoms with Gasteiger partial charge in [0.25, 0.3) is 5.56 Å². The summed E-state index contributed by atoms with van der Waals surface area (Å²) < 4.78 is 11.2. The molecule has 0 aliphatic carbocycles. The lowest BCUT2D eigenvalue weighted by Crippen LogP contribution is -2.29. The highest BCUT2D eigenvalue weighted by Crippen LogP contribution is 1.98. The normalized spacial score (nSPS) is 10.4. The minimum Gasteiger partial charge on any atom is -0.480 e. The van der Waals surface area contributed by atoms with Gasteiger partial charge in [-0.25, -0.2) is 4.68 Å². The minimum absolute atomic E-state index is 0.130. The van der Waals surface area contributed by atoms with Gasteiger partial charge in [-0.15, -0.1) is 5.10 Å². The fourth-order valence-corrected chi connectivity index (χ4v) is 1.18. The van der Waals surface area contributed by atoms with E-state index in [1.165, 1.54) is 17.9 Å². The zero-order valence-corrected chi connectivity index (χ0v) is 9.60. The van der Waals surface area contributed by atoms with Gasteiger partial charge >= 0.3 is 0 Å². The van der Waals surface area contributed by atoms with Crippen molar-refractivity contribution in [3.8, 4) is 5.88 Å². The smallest absolute Gasteiger partial charge is 0.267 e. The number of aromatic nitrogens is 2. The largest absolute Gasteiger partial charge is 0.480 e. The van der Waals surface area contributed by atoms with Gasteiger partial charge < -0.3 is 14.8 Å². The molecule has 1 rings (SSSR count). The quantitative estimate of drug-likeness (QED) is 0.635. The molecule has 0 bridgehead atoms. The highest BCUT2D eigenvalue weighted by Gasteiger charge is 1.99. The number of hydrogen-bond acceptors (Lipinski definition) is 5. The van der Waals surface area contributed by atoms with Gasteiger partial charge in [-0.2, -0.15) is 0 Å². The van der Waals surface area contributed by atoms with Crippen molar-refractivity contribution in [2.45, 2.75) is 6.54 Å². The number of hydrogen-bond donors (Lipinski definition) is 1. The molecule has 0 aliphatic rings. The van der Waals surface area contributed by atoms with E-state index in [-0.39, 0.29) is 5.56 Å². The second kappa shape index (κ2) is 6.97. The maximum Gasteiger partial charge on any atom is 0.267 e. The third kappa shape index (κ3) is 4.00. The zero-order chi connectivity index (χ0) is 11.8. The van der Waals surface area contributed by atoms with Crippen LogP contribution in [0.25, 0.3) is 0 Å². The van der Waals surface area contributed by atoms with Gasteiger partial charge in [0.05, 0.1) is 20.3 Å². The average molecular weight is 227 g/mol. The van der Waals surface area contributed by atoms with Crippen molar-refractivity contribution in [1.29, 1.82) is 0 Å². The summed E-state index contributed by atoms with van der Waals surface area (Å²) >= 11 is 0. The van der Waals surface area contributed by atoms with Crippen molar-refractivity contribution in [2.75, 3.05) is 33.9 Å². The Hall–Kier alpha value is -1.40. The molecule has 0 atom stereocenters. The maximum absolute atomic E-state index is 11.4. The topological polar surface area (TPSA) is 65.4 Å². The lowest BCUT2D eigenvalue weighted by Gasteiger charge is -2.07. The second-order valence-electron chi connectivity index (χ2n) is 3.18. The fraction of sp³-hybridized carbons (Fsp3) is 0.600. The summed E-state index contributed by atoms with van der Waals surface area (Å²) in [6, 6.07) is 3.00. The molecule has 0 saturated heterocycles. The first-order chi connectivity index (χ1) is 7.77. The van der Waals surface area contributed by atoms with Gasteiger partial charge in [-0.05, 0) is 0 Å². The monoisotopic (exact) mass is 227 g/mol. The Bertz CT molecular complexity index is 365. The fourth-order valence-electron chi connectivity index (χ4n) is 1.18. The van der Waals surface area contributed by atoms with E-state index >= 15 is 0 Å². The molecule has 0 unspecified atom stereocenters. The Morgan fingerprint density at radius 2 is 2.19 bits per heavy atom. The predicted octanol–water partition coefficient (Wildman–Crippen LogP) is -0.512. The van der Waals surface area contributed by atoms with Gasteiger partial charge in [-0.1, -0.05) is 0 Å². The van der Waals surface area contributed by atoms with E-state index < -0.39 is 0 Å². The van der Waals surface area contributed by atoms with Crippen molar-refractivity contribution in [3.63, 3.8) is 0 Å². The highest BCUT2D eigenvalue weighted by molar-refractivity contribution is 5.05. The molecule has 0 fully saturated rings. The summed E-state index contributed by atoms with van der Waals surface area (Å²) in [7, 11) is 3.17. The molecule has 6 nitrogen and oxygen atoms in total. The molecule has 6 heteroatoms. The van der Waals surface area contributed by atoms with Crippen LogP contribution in [0.3, 0.4) is 0 Å². The standard InChI is InChI=1S/C10H17N3O3/c1-15-8-6-11-5-7-13-10(14)4-3-9(12-13)16-2/h3-4,11H,5-8H2,1-2H3. The molecule has 1 N–H and O–H groups in total. The summed E-state index contributed by atoms with van der Waals surface area (Å²) in [5.74, 6) is 0.441. The van der Waals surface area contributed by atoms with Crippen LogP contribution in [0, 0.1) is 0 Å². The van der Waals surface area contributed by atoms with Crippen molar-refractivity contribution in [3.05, 3.63) is 22.5 Å². The molecule has 0 aromatic carbocycles. The molecule has 1 aromatic heterocycles. The maximum atomic E-state index is 11.4. The molecular weight excluding hydrogens is 210 g/mol. The first-order valence-corrected chi connectivity index (χ1v) is 5.09. The van der Waals surface area contributed by atoms with Crippen molar-refractivity contribution in [2.24, 2.45) is 0 Å². The van der Waals surface area contributed by atoms with Crippen LogP contribution in [0.5, 0.6) is 5.88 Å². The summed E-state index contributed by atoms with van der Waals surface area (Å²) in [6.07, 6.45) is 0. The van der Waals surface area contributed by atoms with Crippen LogP contribution >= 0.6 is 0 Å². The lowest BCUT2D eigenvalue weighted by molar-refractivity contribution is 0.199. The molecule has 0 aliphatic heterocycles. The molecule has 0 saturated carbocycles. The molecule has 1 heterocycles. The van der Waals surface area contributed by atoms with E-state index in [1.807, 2.05) is 0 Å². The molecule has 0 spiro atoms. The van der Waals surface area contributed by atoms with Crippen molar-refractivity contribution in [1.82, 2.24) is 15.1 Å². The van der Waals surface area contributed by atoms with E-state index in [0.717, 1.165) is 6.54 Å². The van der Waals surface area contributed by atoms with Crippen LogP contribution in [0.15, 0.2) is 16.9 Å². The van der Waals surface area contributed by atoms with Gasteiger partial charge in [0.1, 0.15) is 0 Å². The Kier molecular flexibility index (Phi) is 5.52. The highest BCUT2D eigenvalue weighted by atomic mass is 16.5. The van der Waals surface area contributed by atoms with Crippen LogP contribution in [-0.2, 0) is 11.3 Å². The van der Waals surface area contributed by atoms with E-state index in [0.29, 0.717) is 25.6 Å². The summed E-state index contributed by atoms with van der Waals surface area (Å²) in [5, 5.41) is 7.15. The summed E-state index contributed by atoms with van der Waals surface area (Å²) in [4.78, 5) is 11.4. The number of ether oxygens (including phenoxy) is 2. The third-order valence-corrected chi connectivity index (χ3v) is 2.03. The minimum atomic E-state index is -0.130. The Balaban J connectivity index is 2.43. The number of nitrogens with zero attached hydrogens (tertiary/aromatic N) is 2. The Morgan fingerprint density at radius 3 is 2.88 bits per heavy atom. The number of nitrogens with one attached hydrogen (secondary N) is 1. The SMILES string of the molecule is COCCNCCn1nc(OC)ccc1=O. The zero-order valence-electron chi connectivity index (χ0n) is 9.60. The van der Waals surface area contributed by atoms with Crippen LogP contribution in [0.2, 0.25) is 0 Å². The molecule has 0 amide bonds. The van der Waals surface area contributed by atoms with E-state index in [4.69, 9.17) is 9.47 Å². The van der Waals surface area contributed by atoms with Crippen molar-refractivity contribution >= 4 is 0 Å². The van der Waals surface area contributed by atoms with Crippen LogP contribution in [-0.4, -0.2) is 43.7 Å². The van der Waals surface area contributed by atoms with E-state index in [2.05, 4.69) is 10.4 Å². The van der Waals surface area contributed by atoms with Gasteiger partial charge in [0.15, 0.2) is 0 Å². The first-order valence-electron chi connectivity index (χ1n) is 5.09. The lowest BCUT2D eigenvalue weighted by atomic mass is 10.5. The van der Waals surface area contributed by atoms with Crippen LogP contribution in [0.1, 0.15) is 0 Å². The van der Waals surface area contributed by atoms with Gasteiger partial charge in [0.2, 0.25) is 5.88 Å². The summed E-state index contributed by atoms with van der Waals surface area (Å²) in [6.45, 7) is 2.60. The summed E-state index contributed by atoms with van der Waals surface area (Å²) in [5.41, 5.74) is -0.130. The third-order valence-electron chi connectivity index (χ3n) is 2.03. The number of methoxy groups -OCH3 is 2. The number of rotatable bonds is 7. The molecule has 1 aromatic rings. The average Bonchev–Trinajstić information content (AvgIpc) is 2.31. The van der Waals surface area contributed by atoms with Crippen molar-refractivity contribution < 1.29 is 9.47 Å². The molecule has 16 heavy (non-hydrogen) atoms. The van der Waals surface area contributed by atoms with E-state index in [1.54, 1.807) is 13.2 Å². The Morgan fingerprint density at radius 1 is 1.38 bits per heavy atom. The molecule has 0 radical (unpaired) electrons. The second-order valence-corrected chi connectivity index (χ2v) is 3.18. The van der Waals surface area contributed by atoms with Crippen LogP contribution < -0.4 is 15.6 Å². The van der Waals surface area contributed by atoms with Gasteiger partial charge in [0, 0.05) is 32.3 Å². The van der Waals surface area contributed by atoms with Gasteiger partial charge in [-0.3, -0.25) is 4.79 Å². The Labute approximate surface area is 94.2 Å². The molecular formula is C10H17N3O3. The predicted molar refractivity (Wildman–Crippen MR) is 59.8 cm³/mol. The van der Waals surface area contributed by atoms with E-state index in [9.17, 15) is 4.79 Å². The molecule has 90 valence electrons.